The third-order valence-corrected chi connectivity index (χ3v) is 3.84. The summed E-state index contributed by atoms with van der Waals surface area (Å²) >= 11 is 0. The maximum atomic E-state index is 12.0. The molecule has 20 heavy (non-hydrogen) atoms. The molecule has 1 fully saturated rings. The van der Waals surface area contributed by atoms with E-state index < -0.39 is 0 Å². The Balaban J connectivity index is 1.82. The Morgan fingerprint density at radius 1 is 1.45 bits per heavy atom. The van der Waals surface area contributed by atoms with Gasteiger partial charge >= 0.3 is 0 Å². The van der Waals surface area contributed by atoms with Gasteiger partial charge in [-0.05, 0) is 43.5 Å². The highest BCUT2D eigenvalue weighted by molar-refractivity contribution is 5.77. The second kappa shape index (κ2) is 7.29. The smallest absolute Gasteiger partial charge is 0.258 e. The number of aryl methyl sites for hydroxylation is 1. The molecule has 1 amide bonds. The van der Waals surface area contributed by atoms with Crippen LogP contribution in [0.4, 0.5) is 0 Å². The third-order valence-electron chi connectivity index (χ3n) is 3.84. The highest BCUT2D eigenvalue weighted by atomic mass is 16.5. The van der Waals surface area contributed by atoms with Crippen molar-refractivity contribution in [2.24, 2.45) is 5.92 Å². The van der Waals surface area contributed by atoms with Gasteiger partial charge in [0.05, 0.1) is 0 Å². The minimum Gasteiger partial charge on any atom is -0.483 e. The van der Waals surface area contributed by atoms with Crippen LogP contribution >= 0.6 is 0 Å². The maximum Gasteiger partial charge on any atom is 0.258 e. The van der Waals surface area contributed by atoms with Gasteiger partial charge in [-0.25, -0.2) is 0 Å². The molecule has 0 radical (unpaired) electrons. The summed E-state index contributed by atoms with van der Waals surface area (Å²) in [7, 11) is 0. The quantitative estimate of drug-likeness (QED) is 0.861. The van der Waals surface area contributed by atoms with E-state index in [1.54, 1.807) is 0 Å². The Morgan fingerprint density at radius 3 is 3.00 bits per heavy atom. The monoisotopic (exact) mass is 276 g/mol. The number of rotatable bonds is 5. The molecule has 2 N–H and O–H groups in total. The average molecular weight is 276 g/mol. The van der Waals surface area contributed by atoms with Crippen molar-refractivity contribution >= 4 is 5.91 Å². The van der Waals surface area contributed by atoms with Crippen molar-refractivity contribution < 1.29 is 9.53 Å². The fourth-order valence-electron chi connectivity index (χ4n) is 2.56. The van der Waals surface area contributed by atoms with E-state index in [0.717, 1.165) is 37.2 Å². The normalized spacial score (nSPS) is 22.3. The summed E-state index contributed by atoms with van der Waals surface area (Å²) in [5.41, 5.74) is 1.13. The molecule has 2 rings (SSSR count). The Hall–Kier alpha value is -1.55. The molecule has 0 aromatic heterocycles. The van der Waals surface area contributed by atoms with Gasteiger partial charge in [0.1, 0.15) is 5.75 Å². The number of para-hydroxylation sites is 1. The van der Waals surface area contributed by atoms with Gasteiger partial charge in [0, 0.05) is 6.04 Å². The van der Waals surface area contributed by atoms with Crippen molar-refractivity contribution in [1.82, 2.24) is 10.6 Å². The van der Waals surface area contributed by atoms with E-state index in [0.29, 0.717) is 5.92 Å². The summed E-state index contributed by atoms with van der Waals surface area (Å²) in [5, 5.41) is 6.40. The molecule has 1 heterocycles. The molecule has 1 aromatic rings. The predicted octanol–water partition coefficient (Wildman–Crippen LogP) is 1.74. The van der Waals surface area contributed by atoms with Gasteiger partial charge in [-0.1, -0.05) is 32.0 Å². The zero-order valence-corrected chi connectivity index (χ0v) is 12.3. The molecule has 4 nitrogen and oxygen atoms in total. The Labute approximate surface area is 120 Å². The fourth-order valence-corrected chi connectivity index (χ4v) is 2.56. The van der Waals surface area contributed by atoms with E-state index in [1.807, 2.05) is 24.3 Å². The number of carbonyl (C=O) groups excluding carboxylic acids is 1. The first-order valence-corrected chi connectivity index (χ1v) is 7.41. The molecule has 110 valence electrons. The number of ether oxygens (including phenoxy) is 1. The number of hydrogen-bond donors (Lipinski definition) is 2. The third kappa shape index (κ3) is 3.97. The van der Waals surface area contributed by atoms with Crippen LogP contribution in [0.15, 0.2) is 24.3 Å². The van der Waals surface area contributed by atoms with E-state index in [2.05, 4.69) is 24.5 Å². The summed E-state index contributed by atoms with van der Waals surface area (Å²) in [6.07, 6.45) is 1.89. The number of amides is 1. The Kier molecular flexibility index (Phi) is 5.41. The minimum absolute atomic E-state index is 0.0327. The van der Waals surface area contributed by atoms with Gasteiger partial charge in [0.2, 0.25) is 0 Å². The largest absolute Gasteiger partial charge is 0.483 e. The zero-order chi connectivity index (χ0) is 14.4. The lowest BCUT2D eigenvalue weighted by Crippen LogP contribution is -2.49. The molecular weight excluding hydrogens is 252 g/mol. The summed E-state index contributed by atoms with van der Waals surface area (Å²) in [5.74, 6) is 1.24. The van der Waals surface area contributed by atoms with Gasteiger partial charge in [0.15, 0.2) is 6.61 Å². The van der Waals surface area contributed by atoms with Crippen molar-refractivity contribution in [3.63, 3.8) is 0 Å². The average Bonchev–Trinajstić information content (AvgIpc) is 2.48. The molecule has 0 aliphatic carbocycles. The number of hydrogen-bond acceptors (Lipinski definition) is 3. The fraction of sp³-hybridized carbons (Fsp3) is 0.562. The molecular formula is C16H24N2O2. The molecule has 2 unspecified atom stereocenters. The van der Waals surface area contributed by atoms with Crippen LogP contribution in [0.2, 0.25) is 0 Å². The summed E-state index contributed by atoms with van der Waals surface area (Å²) in [4.78, 5) is 12.0. The van der Waals surface area contributed by atoms with Crippen molar-refractivity contribution in [3.05, 3.63) is 29.8 Å². The lowest BCUT2D eigenvalue weighted by atomic mass is 9.95. The van der Waals surface area contributed by atoms with Gasteiger partial charge in [-0.2, -0.15) is 0 Å². The first-order chi connectivity index (χ1) is 9.70. The highest BCUT2D eigenvalue weighted by Gasteiger charge is 2.22. The molecule has 1 aliphatic heterocycles. The van der Waals surface area contributed by atoms with Gasteiger partial charge in [0.25, 0.3) is 5.91 Å². The van der Waals surface area contributed by atoms with E-state index in [4.69, 9.17) is 4.74 Å². The van der Waals surface area contributed by atoms with E-state index in [-0.39, 0.29) is 18.6 Å². The highest BCUT2D eigenvalue weighted by Crippen LogP contribution is 2.18. The number of piperidine rings is 1. The van der Waals surface area contributed by atoms with Crippen LogP contribution in [0.1, 0.15) is 25.8 Å². The summed E-state index contributed by atoms with van der Waals surface area (Å²) in [6, 6.07) is 8.12. The van der Waals surface area contributed by atoms with Crippen LogP contribution in [-0.4, -0.2) is 31.6 Å². The first-order valence-electron chi connectivity index (χ1n) is 7.41. The summed E-state index contributed by atoms with van der Waals surface area (Å²) in [6.45, 7) is 6.26. The second-order valence-electron chi connectivity index (χ2n) is 5.39. The van der Waals surface area contributed by atoms with Crippen LogP contribution in [0.3, 0.4) is 0 Å². The van der Waals surface area contributed by atoms with E-state index in [9.17, 15) is 4.79 Å². The molecule has 0 bridgehead atoms. The van der Waals surface area contributed by atoms with Crippen LogP contribution in [0.25, 0.3) is 0 Å². The SMILES string of the molecule is CCc1ccccc1OCC(=O)NC1CCNCC1C. The van der Waals surface area contributed by atoms with Crippen molar-refractivity contribution in [2.45, 2.75) is 32.7 Å². The van der Waals surface area contributed by atoms with E-state index in [1.165, 1.54) is 0 Å². The maximum absolute atomic E-state index is 12.0. The van der Waals surface area contributed by atoms with Gasteiger partial charge in [-0.3, -0.25) is 4.79 Å². The number of carbonyl (C=O) groups is 1. The molecule has 1 aromatic carbocycles. The molecule has 2 atom stereocenters. The van der Waals surface area contributed by atoms with E-state index >= 15 is 0 Å². The van der Waals surface area contributed by atoms with Crippen molar-refractivity contribution in [2.75, 3.05) is 19.7 Å². The van der Waals surface area contributed by atoms with Crippen LogP contribution < -0.4 is 15.4 Å². The van der Waals surface area contributed by atoms with Crippen molar-refractivity contribution in [1.29, 1.82) is 0 Å². The van der Waals surface area contributed by atoms with Crippen molar-refractivity contribution in [3.8, 4) is 5.75 Å². The zero-order valence-electron chi connectivity index (χ0n) is 12.3. The van der Waals surface area contributed by atoms with Gasteiger partial charge < -0.3 is 15.4 Å². The molecule has 0 spiro atoms. The topological polar surface area (TPSA) is 50.4 Å². The van der Waals surface area contributed by atoms with Crippen LogP contribution in [-0.2, 0) is 11.2 Å². The summed E-state index contributed by atoms with van der Waals surface area (Å²) < 4.78 is 5.64. The first kappa shape index (κ1) is 14.9. The molecule has 0 saturated carbocycles. The standard InChI is InChI=1S/C16H24N2O2/c1-3-13-6-4-5-7-15(13)20-11-16(19)18-14-8-9-17-10-12(14)2/h4-7,12,14,17H,3,8-11H2,1-2H3,(H,18,19). The lowest BCUT2D eigenvalue weighted by molar-refractivity contribution is -0.124. The number of benzene rings is 1. The molecule has 1 saturated heterocycles. The Bertz CT molecular complexity index is 448. The van der Waals surface area contributed by atoms with Crippen LogP contribution in [0, 0.1) is 5.92 Å². The minimum atomic E-state index is -0.0327. The lowest BCUT2D eigenvalue weighted by Gasteiger charge is -2.30. The Morgan fingerprint density at radius 2 is 2.25 bits per heavy atom. The number of nitrogens with one attached hydrogen (secondary N) is 2. The van der Waals surface area contributed by atoms with Crippen LogP contribution in [0.5, 0.6) is 5.75 Å². The second-order valence-corrected chi connectivity index (χ2v) is 5.39. The van der Waals surface area contributed by atoms with Gasteiger partial charge in [-0.15, -0.1) is 0 Å². The predicted molar refractivity (Wildman–Crippen MR) is 79.9 cm³/mol. The molecule has 1 aliphatic rings. The molecule has 4 heteroatoms.